The molecule has 140 valence electrons. The average molecular weight is 376 g/mol. The number of halogens is 1. The number of benzene rings is 2. The van der Waals surface area contributed by atoms with Crippen LogP contribution >= 0.6 is 0 Å². The van der Waals surface area contributed by atoms with Gasteiger partial charge in [0.15, 0.2) is 0 Å². The Balaban J connectivity index is 1.92. The van der Waals surface area contributed by atoms with Crippen molar-refractivity contribution in [3.05, 3.63) is 65.0 Å². The predicted molar refractivity (Wildman–Crippen MR) is 101 cm³/mol. The second-order valence-electron chi connectivity index (χ2n) is 7.02. The van der Waals surface area contributed by atoms with Gasteiger partial charge < -0.3 is 4.90 Å². The monoisotopic (exact) mass is 376 g/mol. The van der Waals surface area contributed by atoms with Crippen molar-refractivity contribution in [2.75, 3.05) is 27.2 Å². The van der Waals surface area contributed by atoms with Gasteiger partial charge in [0.25, 0.3) is 0 Å². The Labute approximate surface area is 155 Å². The van der Waals surface area contributed by atoms with E-state index in [1.165, 1.54) is 15.9 Å². The van der Waals surface area contributed by atoms with Crippen molar-refractivity contribution in [2.24, 2.45) is 0 Å². The van der Waals surface area contributed by atoms with Crippen molar-refractivity contribution in [1.29, 1.82) is 0 Å². The fraction of sp³-hybridized carbons (Fsp3) is 0.400. The van der Waals surface area contributed by atoms with Crippen LogP contribution < -0.4 is 0 Å². The molecule has 0 saturated carbocycles. The van der Waals surface area contributed by atoms with Gasteiger partial charge in [0.05, 0.1) is 4.90 Å². The molecule has 2 aromatic rings. The lowest BCUT2D eigenvalue weighted by Gasteiger charge is -2.24. The number of nitrogens with zero attached hydrogens (tertiary/aromatic N) is 2. The Morgan fingerprint density at radius 2 is 1.73 bits per heavy atom. The van der Waals surface area contributed by atoms with Gasteiger partial charge in [-0.3, -0.25) is 0 Å². The molecule has 0 bridgehead atoms. The summed E-state index contributed by atoms with van der Waals surface area (Å²) >= 11 is 0. The molecule has 6 heteroatoms. The van der Waals surface area contributed by atoms with Crippen LogP contribution in [0.5, 0.6) is 0 Å². The topological polar surface area (TPSA) is 40.6 Å². The van der Waals surface area contributed by atoms with Crippen LogP contribution in [0.25, 0.3) is 0 Å². The van der Waals surface area contributed by atoms with E-state index < -0.39 is 10.0 Å². The van der Waals surface area contributed by atoms with E-state index in [4.69, 9.17) is 0 Å². The van der Waals surface area contributed by atoms with Gasteiger partial charge in [0.2, 0.25) is 10.0 Å². The minimum Gasteiger partial charge on any atom is -0.308 e. The zero-order valence-electron chi connectivity index (χ0n) is 15.3. The highest BCUT2D eigenvalue weighted by molar-refractivity contribution is 7.89. The Kier molecular flexibility index (Phi) is 5.75. The molecule has 0 atom stereocenters. The summed E-state index contributed by atoms with van der Waals surface area (Å²) in [7, 11) is 0.0911. The SMILES string of the molecule is CN(C)CCN(Cc1ccccc1F)S(=O)(=O)c1ccc2c(c1)CCC2. The molecule has 4 nitrogen and oxygen atoms in total. The van der Waals surface area contributed by atoms with Gasteiger partial charge in [-0.2, -0.15) is 4.31 Å². The molecule has 0 aliphatic heterocycles. The Hall–Kier alpha value is -1.76. The summed E-state index contributed by atoms with van der Waals surface area (Å²) in [5.74, 6) is -0.383. The van der Waals surface area contributed by atoms with Crippen molar-refractivity contribution in [3.63, 3.8) is 0 Å². The summed E-state index contributed by atoms with van der Waals surface area (Å²) in [6, 6.07) is 11.7. The van der Waals surface area contributed by atoms with E-state index in [0.29, 0.717) is 23.5 Å². The Morgan fingerprint density at radius 3 is 2.46 bits per heavy atom. The maximum absolute atomic E-state index is 14.1. The van der Waals surface area contributed by atoms with Crippen molar-refractivity contribution in [2.45, 2.75) is 30.7 Å². The first-order valence-electron chi connectivity index (χ1n) is 8.88. The third-order valence-corrected chi connectivity index (χ3v) is 6.65. The molecule has 26 heavy (non-hydrogen) atoms. The third kappa shape index (κ3) is 4.14. The van der Waals surface area contributed by atoms with Gasteiger partial charge in [0, 0.05) is 25.2 Å². The maximum atomic E-state index is 14.1. The van der Waals surface area contributed by atoms with E-state index in [1.807, 2.05) is 25.1 Å². The van der Waals surface area contributed by atoms with E-state index >= 15 is 0 Å². The molecular formula is C20H25FN2O2S. The summed E-state index contributed by atoms with van der Waals surface area (Å²) in [5, 5.41) is 0. The maximum Gasteiger partial charge on any atom is 0.243 e. The van der Waals surface area contributed by atoms with E-state index in [-0.39, 0.29) is 12.4 Å². The van der Waals surface area contributed by atoms with Crippen molar-refractivity contribution in [1.82, 2.24) is 9.21 Å². The molecule has 0 heterocycles. The van der Waals surface area contributed by atoms with Crippen LogP contribution in [0.4, 0.5) is 4.39 Å². The summed E-state index contributed by atoms with van der Waals surface area (Å²) in [6.45, 7) is 0.902. The van der Waals surface area contributed by atoms with E-state index in [1.54, 1.807) is 30.3 Å². The van der Waals surface area contributed by atoms with Crippen molar-refractivity contribution >= 4 is 10.0 Å². The molecule has 1 aliphatic carbocycles. The molecule has 0 unspecified atom stereocenters. The van der Waals surface area contributed by atoms with Gasteiger partial charge in [0.1, 0.15) is 5.82 Å². The molecule has 2 aromatic carbocycles. The average Bonchev–Trinajstić information content (AvgIpc) is 3.07. The highest BCUT2D eigenvalue weighted by Crippen LogP contribution is 2.27. The van der Waals surface area contributed by atoms with Gasteiger partial charge >= 0.3 is 0 Å². The van der Waals surface area contributed by atoms with E-state index in [2.05, 4.69) is 0 Å². The second-order valence-corrected chi connectivity index (χ2v) is 8.96. The molecule has 0 amide bonds. The van der Waals surface area contributed by atoms with Crippen LogP contribution in [0.3, 0.4) is 0 Å². The number of aryl methyl sites for hydroxylation is 2. The largest absolute Gasteiger partial charge is 0.308 e. The molecule has 3 rings (SSSR count). The highest BCUT2D eigenvalue weighted by atomic mass is 32.2. The summed E-state index contributed by atoms with van der Waals surface area (Å²) < 4.78 is 42.0. The lowest BCUT2D eigenvalue weighted by atomic mass is 10.1. The zero-order valence-corrected chi connectivity index (χ0v) is 16.1. The molecule has 0 saturated heterocycles. The molecule has 0 N–H and O–H groups in total. The number of hydrogen-bond acceptors (Lipinski definition) is 3. The van der Waals surface area contributed by atoms with Crippen LogP contribution in [-0.2, 0) is 29.4 Å². The molecule has 0 spiro atoms. The molecule has 1 aliphatic rings. The normalized spacial score (nSPS) is 14.2. The predicted octanol–water partition coefficient (Wildman–Crippen LogP) is 3.07. The summed E-state index contributed by atoms with van der Waals surface area (Å²) in [6.07, 6.45) is 3.00. The number of fused-ring (bicyclic) bond motifs is 1. The van der Waals surface area contributed by atoms with Crippen LogP contribution in [0.2, 0.25) is 0 Å². The molecule has 0 radical (unpaired) electrons. The number of hydrogen-bond donors (Lipinski definition) is 0. The number of rotatable bonds is 7. The van der Waals surface area contributed by atoms with Gasteiger partial charge in [-0.15, -0.1) is 0 Å². The first-order valence-corrected chi connectivity index (χ1v) is 10.3. The van der Waals surface area contributed by atoms with Crippen LogP contribution in [0.15, 0.2) is 47.4 Å². The van der Waals surface area contributed by atoms with Gasteiger partial charge in [-0.05, 0) is 62.7 Å². The Morgan fingerprint density at radius 1 is 1.00 bits per heavy atom. The Bertz CT molecular complexity index is 881. The zero-order chi connectivity index (χ0) is 18.7. The van der Waals surface area contributed by atoms with Crippen LogP contribution in [-0.4, -0.2) is 44.8 Å². The highest BCUT2D eigenvalue weighted by Gasteiger charge is 2.27. The summed E-state index contributed by atoms with van der Waals surface area (Å²) in [5.41, 5.74) is 2.73. The first-order chi connectivity index (χ1) is 12.4. The lowest BCUT2D eigenvalue weighted by molar-refractivity contribution is 0.326. The molecule has 0 aromatic heterocycles. The third-order valence-electron chi connectivity index (χ3n) is 4.81. The van der Waals surface area contributed by atoms with Crippen molar-refractivity contribution in [3.8, 4) is 0 Å². The molecule has 0 fully saturated rings. The second kappa shape index (κ2) is 7.86. The number of sulfonamides is 1. The quantitative estimate of drug-likeness (QED) is 0.746. The van der Waals surface area contributed by atoms with Gasteiger partial charge in [-0.1, -0.05) is 24.3 Å². The fourth-order valence-corrected chi connectivity index (χ4v) is 4.73. The standard InChI is InChI=1S/C20H25FN2O2S/c1-22(2)12-13-23(15-18-6-3-4-9-20(18)21)26(24,25)19-11-10-16-7-5-8-17(16)14-19/h3-4,6,9-11,14H,5,7-8,12-13,15H2,1-2H3. The lowest BCUT2D eigenvalue weighted by Crippen LogP contribution is -2.36. The van der Waals surface area contributed by atoms with Gasteiger partial charge in [-0.25, -0.2) is 12.8 Å². The number of likely N-dealkylation sites (N-methyl/N-ethyl adjacent to an activating group) is 1. The minimum atomic E-state index is -3.69. The van der Waals surface area contributed by atoms with E-state index in [9.17, 15) is 12.8 Å². The minimum absolute atomic E-state index is 0.0277. The van der Waals surface area contributed by atoms with E-state index in [0.717, 1.165) is 24.8 Å². The van der Waals surface area contributed by atoms with Crippen molar-refractivity contribution < 1.29 is 12.8 Å². The van der Waals surface area contributed by atoms with Crippen LogP contribution in [0.1, 0.15) is 23.1 Å². The smallest absolute Gasteiger partial charge is 0.243 e. The first kappa shape index (κ1) is 19.0. The van der Waals surface area contributed by atoms with Crippen LogP contribution in [0, 0.1) is 5.82 Å². The fourth-order valence-electron chi connectivity index (χ4n) is 3.27. The summed E-state index contributed by atoms with van der Waals surface area (Å²) in [4.78, 5) is 2.22. The molecular weight excluding hydrogens is 351 g/mol.